The van der Waals surface area contributed by atoms with Gasteiger partial charge in [-0.2, -0.15) is 0 Å². The van der Waals surface area contributed by atoms with Crippen molar-refractivity contribution in [3.05, 3.63) is 58.8 Å². The minimum atomic E-state index is 0.254. The third kappa shape index (κ3) is 2.42. The molecule has 116 valence electrons. The van der Waals surface area contributed by atoms with Crippen LogP contribution in [0, 0.1) is 6.92 Å². The maximum Gasteiger partial charge on any atom is 0.135 e. The van der Waals surface area contributed by atoms with E-state index in [0.29, 0.717) is 0 Å². The van der Waals surface area contributed by atoms with E-state index in [2.05, 4.69) is 4.99 Å². The van der Waals surface area contributed by atoms with Crippen molar-refractivity contribution < 1.29 is 9.52 Å². The number of hydrogen-bond acceptors (Lipinski definition) is 3. The zero-order valence-corrected chi connectivity index (χ0v) is 13.2. The maximum atomic E-state index is 10.3. The molecule has 0 fully saturated rings. The van der Waals surface area contributed by atoms with E-state index in [1.807, 2.05) is 37.3 Å². The summed E-state index contributed by atoms with van der Waals surface area (Å²) >= 11 is 0. The predicted octanol–water partition coefficient (Wildman–Crippen LogP) is 5.08. The average molecular weight is 305 g/mol. The van der Waals surface area contributed by atoms with Gasteiger partial charge in [-0.3, -0.25) is 4.99 Å². The highest BCUT2D eigenvalue weighted by Crippen LogP contribution is 2.36. The molecule has 2 aromatic carbocycles. The number of furan rings is 1. The monoisotopic (exact) mass is 305 g/mol. The number of fused-ring (bicyclic) bond motifs is 3. The van der Waals surface area contributed by atoms with Gasteiger partial charge in [0, 0.05) is 29.1 Å². The first-order valence-electron chi connectivity index (χ1n) is 8.10. The summed E-state index contributed by atoms with van der Waals surface area (Å²) in [6.45, 7) is 2.03. The standard InChI is InChI=1S/C20H19NO2/c1-13-6-2-4-8-16(13)21-12-15-17(22)10-11-19-20(15)14-7-3-5-9-18(14)23-19/h2,4,6,8,10-12,22H,3,5,7,9H2,1H3. The van der Waals surface area contributed by atoms with Gasteiger partial charge < -0.3 is 9.52 Å². The summed E-state index contributed by atoms with van der Waals surface area (Å²) in [4.78, 5) is 4.59. The molecule has 1 aliphatic carbocycles. The summed E-state index contributed by atoms with van der Waals surface area (Å²) in [5.74, 6) is 1.33. The SMILES string of the molecule is Cc1ccccc1N=Cc1c(O)ccc2oc3c(c12)CCCC3. The minimum absolute atomic E-state index is 0.254. The number of aliphatic imine (C=N–C) groups is 1. The molecular weight excluding hydrogens is 286 g/mol. The van der Waals surface area contributed by atoms with Gasteiger partial charge in [-0.1, -0.05) is 18.2 Å². The molecule has 3 aromatic rings. The summed E-state index contributed by atoms with van der Waals surface area (Å²) in [6, 6.07) is 11.5. The van der Waals surface area contributed by atoms with Gasteiger partial charge in [-0.05, 0) is 49.9 Å². The van der Waals surface area contributed by atoms with Crippen molar-refractivity contribution in [3.8, 4) is 5.75 Å². The molecule has 0 saturated heterocycles. The third-order valence-corrected chi connectivity index (χ3v) is 4.58. The summed E-state index contributed by atoms with van der Waals surface area (Å²) in [7, 11) is 0. The van der Waals surface area contributed by atoms with Crippen LogP contribution >= 0.6 is 0 Å². The Labute approximate surface area is 135 Å². The van der Waals surface area contributed by atoms with E-state index in [9.17, 15) is 5.11 Å². The highest BCUT2D eigenvalue weighted by atomic mass is 16.3. The molecule has 1 aliphatic rings. The highest BCUT2D eigenvalue weighted by Gasteiger charge is 2.21. The van der Waals surface area contributed by atoms with Crippen LogP contribution in [0.25, 0.3) is 11.0 Å². The molecule has 0 atom stereocenters. The summed E-state index contributed by atoms with van der Waals surface area (Å²) < 4.78 is 5.99. The summed E-state index contributed by atoms with van der Waals surface area (Å²) in [5, 5.41) is 11.4. The lowest BCUT2D eigenvalue weighted by Gasteiger charge is -2.10. The van der Waals surface area contributed by atoms with Gasteiger partial charge in [-0.25, -0.2) is 0 Å². The van der Waals surface area contributed by atoms with Gasteiger partial charge in [0.15, 0.2) is 0 Å². The van der Waals surface area contributed by atoms with Crippen LogP contribution in [0.15, 0.2) is 45.8 Å². The zero-order chi connectivity index (χ0) is 15.8. The lowest BCUT2D eigenvalue weighted by molar-refractivity contribution is 0.474. The van der Waals surface area contributed by atoms with E-state index in [4.69, 9.17) is 4.42 Å². The number of rotatable bonds is 2. The average Bonchev–Trinajstić information content (AvgIpc) is 2.94. The Morgan fingerprint density at radius 3 is 2.78 bits per heavy atom. The fourth-order valence-corrected chi connectivity index (χ4v) is 3.35. The van der Waals surface area contributed by atoms with Crippen LogP contribution in [-0.4, -0.2) is 11.3 Å². The van der Waals surface area contributed by atoms with Crippen LogP contribution in [0.2, 0.25) is 0 Å². The van der Waals surface area contributed by atoms with E-state index in [-0.39, 0.29) is 5.75 Å². The molecule has 3 nitrogen and oxygen atoms in total. The second-order valence-corrected chi connectivity index (χ2v) is 6.13. The molecule has 4 rings (SSSR count). The fraction of sp³-hybridized carbons (Fsp3) is 0.250. The number of phenolic OH excluding ortho intramolecular Hbond substituents is 1. The number of benzene rings is 2. The molecular formula is C20H19NO2. The number of aryl methyl sites for hydroxylation is 3. The predicted molar refractivity (Wildman–Crippen MR) is 93.0 cm³/mol. The van der Waals surface area contributed by atoms with Crippen molar-refractivity contribution in [2.24, 2.45) is 4.99 Å². The van der Waals surface area contributed by atoms with Crippen LogP contribution in [0.3, 0.4) is 0 Å². The van der Waals surface area contributed by atoms with Gasteiger partial charge in [-0.15, -0.1) is 0 Å². The molecule has 3 heteroatoms. The highest BCUT2D eigenvalue weighted by molar-refractivity contribution is 6.03. The molecule has 0 spiro atoms. The van der Waals surface area contributed by atoms with Crippen LogP contribution in [0.4, 0.5) is 5.69 Å². The molecule has 1 aromatic heterocycles. The Morgan fingerprint density at radius 1 is 1.09 bits per heavy atom. The van der Waals surface area contributed by atoms with Gasteiger partial charge >= 0.3 is 0 Å². The quantitative estimate of drug-likeness (QED) is 0.671. The lowest BCUT2D eigenvalue weighted by Crippen LogP contribution is -1.99. The molecule has 0 saturated carbocycles. The number of nitrogens with zero attached hydrogens (tertiary/aromatic N) is 1. The van der Waals surface area contributed by atoms with Crippen molar-refractivity contribution in [3.63, 3.8) is 0 Å². The molecule has 1 heterocycles. The van der Waals surface area contributed by atoms with E-state index >= 15 is 0 Å². The topological polar surface area (TPSA) is 45.7 Å². The first-order valence-corrected chi connectivity index (χ1v) is 8.10. The summed E-state index contributed by atoms with van der Waals surface area (Å²) in [5.41, 5.74) is 4.89. The van der Waals surface area contributed by atoms with Crippen molar-refractivity contribution in [1.29, 1.82) is 0 Å². The summed E-state index contributed by atoms with van der Waals surface area (Å²) in [6.07, 6.45) is 6.11. The zero-order valence-electron chi connectivity index (χ0n) is 13.2. The van der Waals surface area contributed by atoms with E-state index in [1.54, 1.807) is 12.3 Å². The first-order chi connectivity index (χ1) is 11.2. The van der Waals surface area contributed by atoms with Crippen molar-refractivity contribution in [1.82, 2.24) is 0 Å². The maximum absolute atomic E-state index is 10.3. The Balaban J connectivity index is 1.87. The van der Waals surface area contributed by atoms with Crippen LogP contribution in [0.1, 0.15) is 35.3 Å². The van der Waals surface area contributed by atoms with Crippen LogP contribution < -0.4 is 0 Å². The smallest absolute Gasteiger partial charge is 0.135 e. The molecule has 0 aliphatic heterocycles. The minimum Gasteiger partial charge on any atom is -0.507 e. The van der Waals surface area contributed by atoms with Gasteiger partial charge in [0.25, 0.3) is 0 Å². The van der Waals surface area contributed by atoms with Crippen molar-refractivity contribution in [2.45, 2.75) is 32.6 Å². The number of para-hydroxylation sites is 1. The molecule has 0 radical (unpaired) electrons. The molecule has 1 N–H and O–H groups in total. The molecule has 0 amide bonds. The Kier molecular flexibility index (Phi) is 3.41. The Morgan fingerprint density at radius 2 is 1.91 bits per heavy atom. The van der Waals surface area contributed by atoms with E-state index in [1.165, 1.54) is 18.4 Å². The van der Waals surface area contributed by atoms with Gasteiger partial charge in [0.2, 0.25) is 0 Å². The van der Waals surface area contributed by atoms with Crippen molar-refractivity contribution >= 4 is 22.9 Å². The Bertz CT molecular complexity index is 905. The number of hydrogen-bond donors (Lipinski definition) is 1. The normalized spacial score (nSPS) is 14.5. The fourth-order valence-electron chi connectivity index (χ4n) is 3.35. The second-order valence-electron chi connectivity index (χ2n) is 6.13. The molecule has 0 bridgehead atoms. The second kappa shape index (κ2) is 5.58. The molecule has 0 unspecified atom stereocenters. The van der Waals surface area contributed by atoms with Crippen molar-refractivity contribution in [2.75, 3.05) is 0 Å². The first kappa shape index (κ1) is 14.1. The van der Waals surface area contributed by atoms with Gasteiger partial charge in [0.05, 0.1) is 5.69 Å². The van der Waals surface area contributed by atoms with Gasteiger partial charge in [0.1, 0.15) is 17.1 Å². The third-order valence-electron chi connectivity index (χ3n) is 4.58. The van der Waals surface area contributed by atoms with Crippen LogP contribution in [-0.2, 0) is 12.8 Å². The number of phenols is 1. The van der Waals surface area contributed by atoms with E-state index < -0.39 is 0 Å². The van der Waals surface area contributed by atoms with E-state index in [0.717, 1.165) is 46.4 Å². The Hall–Kier alpha value is -2.55. The number of aromatic hydroxyl groups is 1. The lowest BCUT2D eigenvalue weighted by atomic mass is 9.94. The molecule has 23 heavy (non-hydrogen) atoms. The van der Waals surface area contributed by atoms with Crippen LogP contribution in [0.5, 0.6) is 5.75 Å². The largest absolute Gasteiger partial charge is 0.507 e.